The van der Waals surface area contributed by atoms with E-state index in [0.29, 0.717) is 17.3 Å². The average Bonchev–Trinajstić information content (AvgIpc) is 2.54. The molecule has 0 radical (unpaired) electrons. The fraction of sp³-hybridized carbons (Fsp3) is 0.600. The van der Waals surface area contributed by atoms with E-state index in [0.717, 1.165) is 25.5 Å². The smallest absolute Gasteiger partial charge is 0.340 e. The summed E-state index contributed by atoms with van der Waals surface area (Å²) in [5.41, 5.74) is 6.57. The lowest BCUT2D eigenvalue weighted by Gasteiger charge is -2.44. The lowest BCUT2D eigenvalue weighted by Crippen LogP contribution is -2.55. The van der Waals surface area contributed by atoms with E-state index < -0.39 is 5.97 Å². The lowest BCUT2D eigenvalue weighted by molar-refractivity contribution is 0.0602. The molecular weight excluding hydrogens is 268 g/mol. The maximum atomic E-state index is 11.7. The molecule has 2 saturated heterocycles. The second-order valence-electron chi connectivity index (χ2n) is 5.75. The molecule has 0 saturated carbocycles. The number of hydrogen-bond acceptors (Lipinski definition) is 6. The van der Waals surface area contributed by atoms with Crippen LogP contribution in [0.5, 0.6) is 0 Å². The topological polar surface area (TPSA) is 71.7 Å². The standard InChI is InChI=1S/C15H22N4O2/c1-21-15(20)12-8-14(17-9-13(12)16)19-7-6-18-5-3-2-4-11(18)10-19/h8-9,11H,2-7,10,16H2,1H3. The number of anilines is 2. The van der Waals surface area contributed by atoms with Crippen molar-refractivity contribution in [3.8, 4) is 0 Å². The molecule has 0 amide bonds. The van der Waals surface area contributed by atoms with Gasteiger partial charge < -0.3 is 15.4 Å². The number of fused-ring (bicyclic) bond motifs is 1. The van der Waals surface area contributed by atoms with Gasteiger partial charge in [-0.15, -0.1) is 0 Å². The lowest BCUT2D eigenvalue weighted by atomic mass is 9.99. The predicted molar refractivity (Wildman–Crippen MR) is 81.4 cm³/mol. The van der Waals surface area contributed by atoms with Gasteiger partial charge >= 0.3 is 5.97 Å². The molecule has 1 aromatic heterocycles. The van der Waals surface area contributed by atoms with Gasteiger partial charge in [-0.05, 0) is 25.5 Å². The molecule has 6 heteroatoms. The van der Waals surface area contributed by atoms with E-state index in [1.54, 1.807) is 12.3 Å². The first-order chi connectivity index (χ1) is 10.2. The molecule has 2 aliphatic heterocycles. The van der Waals surface area contributed by atoms with E-state index in [2.05, 4.69) is 14.8 Å². The largest absolute Gasteiger partial charge is 0.465 e. The summed E-state index contributed by atoms with van der Waals surface area (Å²) < 4.78 is 4.77. The summed E-state index contributed by atoms with van der Waals surface area (Å²) in [5, 5.41) is 0. The van der Waals surface area contributed by atoms with Gasteiger partial charge in [0.25, 0.3) is 0 Å². The summed E-state index contributed by atoms with van der Waals surface area (Å²) in [7, 11) is 1.36. The Kier molecular flexibility index (Phi) is 3.96. The zero-order chi connectivity index (χ0) is 14.8. The monoisotopic (exact) mass is 290 g/mol. The van der Waals surface area contributed by atoms with Crippen molar-refractivity contribution in [2.45, 2.75) is 25.3 Å². The Balaban J connectivity index is 1.79. The van der Waals surface area contributed by atoms with E-state index in [1.807, 2.05) is 0 Å². The number of rotatable bonds is 2. The van der Waals surface area contributed by atoms with Crippen molar-refractivity contribution < 1.29 is 9.53 Å². The Labute approximate surface area is 124 Å². The zero-order valence-electron chi connectivity index (χ0n) is 12.4. The summed E-state index contributed by atoms with van der Waals surface area (Å²) in [4.78, 5) is 20.9. The van der Waals surface area contributed by atoms with Crippen molar-refractivity contribution in [1.29, 1.82) is 0 Å². The number of piperidine rings is 1. The highest BCUT2D eigenvalue weighted by Crippen LogP contribution is 2.25. The Morgan fingerprint density at radius 1 is 1.38 bits per heavy atom. The Morgan fingerprint density at radius 2 is 2.24 bits per heavy atom. The van der Waals surface area contributed by atoms with E-state index in [1.165, 1.54) is 32.9 Å². The van der Waals surface area contributed by atoms with E-state index in [9.17, 15) is 4.79 Å². The number of hydrogen-bond donors (Lipinski definition) is 1. The maximum Gasteiger partial charge on any atom is 0.340 e. The second-order valence-corrected chi connectivity index (χ2v) is 5.75. The van der Waals surface area contributed by atoms with E-state index >= 15 is 0 Å². The van der Waals surface area contributed by atoms with Gasteiger partial charge in [0, 0.05) is 25.7 Å². The van der Waals surface area contributed by atoms with E-state index in [-0.39, 0.29) is 0 Å². The van der Waals surface area contributed by atoms with Crippen LogP contribution in [0, 0.1) is 0 Å². The van der Waals surface area contributed by atoms with Crippen molar-refractivity contribution >= 4 is 17.5 Å². The van der Waals surface area contributed by atoms with Gasteiger partial charge in [-0.3, -0.25) is 4.90 Å². The molecule has 0 aromatic carbocycles. The van der Waals surface area contributed by atoms with Crippen molar-refractivity contribution in [3.05, 3.63) is 17.8 Å². The molecule has 2 N–H and O–H groups in total. The molecule has 1 aromatic rings. The minimum Gasteiger partial charge on any atom is -0.465 e. The Hall–Kier alpha value is -1.82. The maximum absolute atomic E-state index is 11.7. The fourth-order valence-electron chi connectivity index (χ4n) is 3.28. The highest BCUT2D eigenvalue weighted by molar-refractivity contribution is 5.95. The molecule has 3 heterocycles. The number of piperazine rings is 1. The molecule has 2 fully saturated rings. The summed E-state index contributed by atoms with van der Waals surface area (Å²) >= 11 is 0. The summed E-state index contributed by atoms with van der Waals surface area (Å²) in [6, 6.07) is 2.35. The quantitative estimate of drug-likeness (QED) is 0.823. The van der Waals surface area contributed by atoms with Crippen LogP contribution in [0.2, 0.25) is 0 Å². The molecule has 3 rings (SSSR count). The molecule has 21 heavy (non-hydrogen) atoms. The number of nitrogens with two attached hydrogens (primary N) is 1. The molecule has 6 nitrogen and oxygen atoms in total. The second kappa shape index (κ2) is 5.89. The Morgan fingerprint density at radius 3 is 3.05 bits per heavy atom. The van der Waals surface area contributed by atoms with E-state index in [4.69, 9.17) is 10.5 Å². The van der Waals surface area contributed by atoms with Crippen LogP contribution in [-0.4, -0.2) is 55.2 Å². The number of carbonyl (C=O) groups excluding carboxylic acids is 1. The minimum atomic E-state index is -0.410. The number of aromatic nitrogens is 1. The first-order valence-corrected chi connectivity index (χ1v) is 7.52. The first-order valence-electron chi connectivity index (χ1n) is 7.52. The average molecular weight is 290 g/mol. The number of nitrogens with zero attached hydrogens (tertiary/aromatic N) is 3. The van der Waals surface area contributed by atoms with Crippen LogP contribution in [0.25, 0.3) is 0 Å². The van der Waals surface area contributed by atoms with Crippen LogP contribution in [-0.2, 0) is 4.74 Å². The first kappa shape index (κ1) is 14.1. The van der Waals surface area contributed by atoms with Gasteiger partial charge in [0.05, 0.1) is 24.6 Å². The molecule has 1 atom stereocenters. The molecule has 0 aliphatic carbocycles. The Bertz CT molecular complexity index is 534. The van der Waals surface area contributed by atoms with Crippen LogP contribution >= 0.6 is 0 Å². The number of carbonyl (C=O) groups is 1. The SMILES string of the molecule is COC(=O)c1cc(N2CCN3CCCCC3C2)ncc1N. The van der Waals surface area contributed by atoms with Crippen LogP contribution in [0.4, 0.5) is 11.5 Å². The van der Waals surface area contributed by atoms with Gasteiger partial charge in [-0.25, -0.2) is 9.78 Å². The van der Waals surface area contributed by atoms with Crippen molar-refractivity contribution in [3.63, 3.8) is 0 Å². The molecule has 114 valence electrons. The van der Waals surface area contributed by atoms with Crippen LogP contribution in [0.15, 0.2) is 12.3 Å². The van der Waals surface area contributed by atoms with Gasteiger partial charge in [0.15, 0.2) is 0 Å². The van der Waals surface area contributed by atoms with Crippen LogP contribution in [0.3, 0.4) is 0 Å². The molecule has 2 aliphatic rings. The third kappa shape index (κ3) is 2.81. The summed E-state index contributed by atoms with van der Waals surface area (Å²) in [5.74, 6) is 0.405. The number of methoxy groups -OCH3 is 1. The van der Waals surface area contributed by atoms with Crippen molar-refractivity contribution in [2.24, 2.45) is 0 Å². The van der Waals surface area contributed by atoms with Crippen molar-refractivity contribution in [1.82, 2.24) is 9.88 Å². The molecule has 1 unspecified atom stereocenters. The zero-order valence-corrected chi connectivity index (χ0v) is 12.4. The molecule has 0 spiro atoms. The minimum absolute atomic E-state index is 0.363. The normalized spacial score (nSPS) is 22.7. The van der Waals surface area contributed by atoms with Gasteiger partial charge in [-0.1, -0.05) is 6.42 Å². The number of esters is 1. The third-order valence-corrected chi connectivity index (χ3v) is 4.49. The highest BCUT2D eigenvalue weighted by atomic mass is 16.5. The van der Waals surface area contributed by atoms with Gasteiger partial charge in [0.2, 0.25) is 0 Å². The highest BCUT2D eigenvalue weighted by Gasteiger charge is 2.29. The molecular formula is C15H22N4O2. The fourth-order valence-corrected chi connectivity index (χ4v) is 3.28. The molecule has 0 bridgehead atoms. The van der Waals surface area contributed by atoms with Gasteiger partial charge in [0.1, 0.15) is 5.82 Å². The predicted octanol–water partition coefficient (Wildman–Crippen LogP) is 1.12. The number of nitrogen functional groups attached to an aromatic ring is 1. The van der Waals surface area contributed by atoms with Crippen LogP contribution in [0.1, 0.15) is 29.6 Å². The number of pyridine rings is 1. The van der Waals surface area contributed by atoms with Crippen molar-refractivity contribution in [2.75, 3.05) is 43.9 Å². The van der Waals surface area contributed by atoms with Crippen LogP contribution < -0.4 is 10.6 Å². The summed E-state index contributed by atoms with van der Waals surface area (Å²) in [6.07, 6.45) is 5.41. The summed E-state index contributed by atoms with van der Waals surface area (Å²) in [6.45, 7) is 4.18. The van der Waals surface area contributed by atoms with Gasteiger partial charge in [-0.2, -0.15) is 0 Å². The third-order valence-electron chi connectivity index (χ3n) is 4.49. The number of ether oxygens (including phenoxy) is 1.